The first-order valence-electron chi connectivity index (χ1n) is 19.8. The van der Waals surface area contributed by atoms with E-state index in [-0.39, 0.29) is 42.1 Å². The molecule has 0 bridgehead atoms. The van der Waals surface area contributed by atoms with Crippen molar-refractivity contribution in [2.45, 2.75) is 63.2 Å². The first-order chi connectivity index (χ1) is 28.5. The maximum absolute atomic E-state index is 15.5. The van der Waals surface area contributed by atoms with Crippen LogP contribution in [0.1, 0.15) is 40.5 Å². The van der Waals surface area contributed by atoms with E-state index < -0.39 is 24.7 Å². The van der Waals surface area contributed by atoms with E-state index in [1.165, 1.54) is 17.3 Å². The molecule has 6 aromatic rings. The maximum atomic E-state index is 15.5. The van der Waals surface area contributed by atoms with E-state index in [0.29, 0.717) is 47.6 Å². The first-order valence-corrected chi connectivity index (χ1v) is 22.9. The number of carbonyl (C=O) groups is 2. The minimum atomic E-state index is -2.51. The zero-order chi connectivity index (χ0) is 41.2. The highest BCUT2D eigenvalue weighted by Gasteiger charge is 2.66. The smallest absolute Gasteiger partial charge is 0.269 e. The molecule has 13 nitrogen and oxygen atoms in total. The van der Waals surface area contributed by atoms with Gasteiger partial charge in [0.05, 0.1) is 55.4 Å². The summed E-state index contributed by atoms with van der Waals surface area (Å²) >= 11 is 0. The number of carbonyl (C=O) groups excluding carboxylic acids is 2. The zero-order valence-corrected chi connectivity index (χ0v) is 34.2. The highest BCUT2D eigenvalue weighted by Crippen LogP contribution is 2.60. The van der Waals surface area contributed by atoms with Crippen molar-refractivity contribution in [3.05, 3.63) is 142 Å². The summed E-state index contributed by atoms with van der Waals surface area (Å²) in [4.78, 5) is 44.6. The van der Waals surface area contributed by atoms with Crippen molar-refractivity contribution >= 4 is 58.6 Å². The minimum Gasteiger partial charge on any atom is -0.497 e. The Kier molecular flexibility index (Phi) is 9.45. The SMILES string of the molecule is COc1ccc([Si](C)(C)[C@H]2[C@H](CCn3cc(CCO)nn3)O[C@@]3(C(=O)N(Cc4cccc(N5C(=O)c6cccc7cccc5c67)c4)c4ccc([N+](=O)[O-])cc43)[C@@H]2C)cc1. The summed E-state index contributed by atoms with van der Waals surface area (Å²) in [5, 5.41) is 33.3. The molecular formula is C45H44N6O7Si. The number of amides is 2. The molecule has 14 heteroatoms. The molecule has 5 aromatic carbocycles. The van der Waals surface area contributed by atoms with Crippen LogP contribution >= 0.6 is 0 Å². The lowest BCUT2D eigenvalue weighted by Gasteiger charge is -2.37. The molecule has 2 amide bonds. The third kappa shape index (κ3) is 6.12. The number of fused-ring (bicyclic) bond motifs is 2. The third-order valence-electron chi connectivity index (χ3n) is 12.7. The van der Waals surface area contributed by atoms with Gasteiger partial charge in [-0.25, -0.2) is 0 Å². The number of hydrogen-bond donors (Lipinski definition) is 1. The van der Waals surface area contributed by atoms with Crippen molar-refractivity contribution < 1.29 is 29.1 Å². The Balaban J connectivity index is 1.10. The van der Waals surface area contributed by atoms with Crippen molar-refractivity contribution in [3.63, 3.8) is 0 Å². The summed E-state index contributed by atoms with van der Waals surface area (Å²) in [6.45, 7) is 7.19. The number of aliphatic hydroxyl groups is 1. The maximum Gasteiger partial charge on any atom is 0.269 e. The van der Waals surface area contributed by atoms with E-state index in [2.05, 4.69) is 42.5 Å². The van der Waals surface area contributed by atoms with Crippen LogP contribution in [-0.4, -0.2) is 64.7 Å². The number of anilines is 3. The van der Waals surface area contributed by atoms with Crippen LogP contribution in [0.2, 0.25) is 18.6 Å². The average molecular weight is 809 g/mol. The molecule has 1 aromatic heterocycles. The summed E-state index contributed by atoms with van der Waals surface area (Å²) in [6, 6.07) is 32.0. The molecular weight excluding hydrogens is 765 g/mol. The van der Waals surface area contributed by atoms with Crippen LogP contribution < -0.4 is 19.7 Å². The van der Waals surface area contributed by atoms with E-state index >= 15 is 4.79 Å². The van der Waals surface area contributed by atoms with Crippen molar-refractivity contribution in [2.75, 3.05) is 23.5 Å². The van der Waals surface area contributed by atoms with E-state index in [4.69, 9.17) is 9.47 Å². The number of nitro benzene ring substituents is 1. The second-order valence-corrected chi connectivity index (χ2v) is 20.9. The molecule has 4 atom stereocenters. The van der Waals surface area contributed by atoms with Gasteiger partial charge in [0.15, 0.2) is 5.60 Å². The Hall–Kier alpha value is -6.22. The minimum absolute atomic E-state index is 0.0379. The molecule has 1 fully saturated rings. The van der Waals surface area contributed by atoms with Gasteiger partial charge in [0.1, 0.15) is 5.75 Å². The molecule has 9 rings (SSSR count). The van der Waals surface area contributed by atoms with E-state index in [1.807, 2.05) is 79.0 Å². The first kappa shape index (κ1) is 38.3. The molecule has 0 unspecified atom stereocenters. The lowest BCUT2D eigenvalue weighted by molar-refractivity contribution is -0.385. The van der Waals surface area contributed by atoms with Crippen LogP contribution in [-0.2, 0) is 34.6 Å². The molecule has 1 saturated heterocycles. The molecule has 1 spiro atoms. The fraction of sp³-hybridized carbons (Fsp3) is 0.289. The molecule has 1 N–H and O–H groups in total. The largest absolute Gasteiger partial charge is 0.497 e. The van der Waals surface area contributed by atoms with Crippen molar-refractivity contribution in [1.82, 2.24) is 15.0 Å². The number of non-ortho nitro benzene ring substituents is 1. The number of ether oxygens (including phenoxy) is 2. The molecule has 0 aliphatic carbocycles. The molecule has 59 heavy (non-hydrogen) atoms. The third-order valence-corrected chi connectivity index (χ3v) is 17.1. The topological polar surface area (TPSA) is 153 Å². The molecule has 0 saturated carbocycles. The Labute approximate surface area is 341 Å². The zero-order valence-electron chi connectivity index (χ0n) is 33.2. The van der Waals surface area contributed by atoms with Crippen LogP contribution in [0.25, 0.3) is 10.8 Å². The monoisotopic (exact) mass is 808 g/mol. The fourth-order valence-corrected chi connectivity index (χ4v) is 14.0. The van der Waals surface area contributed by atoms with Gasteiger partial charge in [0.25, 0.3) is 17.5 Å². The number of aryl methyl sites for hydroxylation is 1. The quantitative estimate of drug-likeness (QED) is 0.0781. The molecule has 300 valence electrons. The lowest BCUT2D eigenvalue weighted by Crippen LogP contribution is -2.51. The van der Waals surface area contributed by atoms with Gasteiger partial charge in [0.2, 0.25) is 0 Å². The predicted molar refractivity (Wildman–Crippen MR) is 226 cm³/mol. The van der Waals surface area contributed by atoms with Crippen LogP contribution in [0, 0.1) is 16.0 Å². The van der Waals surface area contributed by atoms with Crippen molar-refractivity contribution in [1.29, 1.82) is 0 Å². The van der Waals surface area contributed by atoms with Crippen LogP contribution in [0.4, 0.5) is 22.7 Å². The Bertz CT molecular complexity index is 2640. The lowest BCUT2D eigenvalue weighted by atomic mass is 9.82. The Morgan fingerprint density at radius 3 is 2.47 bits per heavy atom. The Morgan fingerprint density at radius 2 is 1.73 bits per heavy atom. The predicted octanol–water partition coefficient (Wildman–Crippen LogP) is 7.03. The highest BCUT2D eigenvalue weighted by atomic mass is 28.3. The number of aromatic nitrogens is 3. The van der Waals surface area contributed by atoms with Crippen LogP contribution in [0.15, 0.2) is 109 Å². The van der Waals surface area contributed by atoms with Crippen molar-refractivity contribution in [2.24, 2.45) is 5.92 Å². The summed E-state index contributed by atoms with van der Waals surface area (Å²) in [7, 11) is -0.872. The van der Waals surface area contributed by atoms with Gasteiger partial charge in [-0.3, -0.25) is 29.3 Å². The molecule has 4 heterocycles. The number of hydrogen-bond acceptors (Lipinski definition) is 9. The van der Waals surface area contributed by atoms with Gasteiger partial charge in [-0.05, 0) is 65.4 Å². The van der Waals surface area contributed by atoms with Crippen LogP contribution in [0.5, 0.6) is 5.75 Å². The number of aliphatic hydroxyl groups excluding tert-OH is 1. The summed E-state index contributed by atoms with van der Waals surface area (Å²) < 4.78 is 14.5. The van der Waals surface area contributed by atoms with Gasteiger partial charge in [-0.2, -0.15) is 0 Å². The average Bonchev–Trinajstić information content (AvgIpc) is 3.96. The Morgan fingerprint density at radius 1 is 0.966 bits per heavy atom. The highest BCUT2D eigenvalue weighted by molar-refractivity contribution is 6.91. The molecule has 0 radical (unpaired) electrons. The van der Waals surface area contributed by atoms with Gasteiger partial charge < -0.3 is 19.5 Å². The number of benzene rings is 5. The number of nitrogens with zero attached hydrogens (tertiary/aromatic N) is 6. The normalized spacial score (nSPS) is 20.9. The van der Waals surface area contributed by atoms with E-state index in [1.54, 1.807) is 27.7 Å². The second kappa shape index (κ2) is 14.6. The molecule has 3 aliphatic rings. The standard InChI is InChI=1S/C45H44N6O7Si/c1-28-42(59(3,4)35-17-15-34(57-2)16-18-35)40(20-22-48-27-31(21-23-52)46-47-48)58-45(28)37-25-33(51(55)56)14-19-38(37)49(44(45)54)26-29-8-5-11-32(24-29)50-39-13-7-10-30-9-6-12-36(41(30)39)43(50)53/h5-19,24-25,27-28,40,42,52H,20-23,26H2,1-4H3/t28-,40+,42-,45+/m1/s1. The van der Waals surface area contributed by atoms with Gasteiger partial charge in [0, 0.05) is 60.5 Å². The van der Waals surface area contributed by atoms with Gasteiger partial charge >= 0.3 is 0 Å². The van der Waals surface area contributed by atoms with Crippen LogP contribution in [0.3, 0.4) is 0 Å². The van der Waals surface area contributed by atoms with E-state index in [0.717, 1.165) is 27.8 Å². The van der Waals surface area contributed by atoms with Crippen molar-refractivity contribution in [3.8, 4) is 5.75 Å². The number of rotatable bonds is 12. The van der Waals surface area contributed by atoms with Gasteiger partial charge in [-0.15, -0.1) is 5.10 Å². The molecule has 3 aliphatic heterocycles. The fourth-order valence-electron chi connectivity index (χ4n) is 9.93. The van der Waals surface area contributed by atoms with Gasteiger partial charge in [-0.1, -0.05) is 78.9 Å². The summed E-state index contributed by atoms with van der Waals surface area (Å²) in [5.41, 5.74) is 2.87. The number of nitro groups is 1. The summed E-state index contributed by atoms with van der Waals surface area (Å²) in [6.07, 6.45) is 2.28. The van der Waals surface area contributed by atoms with E-state index in [9.17, 15) is 20.0 Å². The summed E-state index contributed by atoms with van der Waals surface area (Å²) in [5.74, 6) is -0.0388. The second-order valence-electron chi connectivity index (χ2n) is 16.2. The number of methoxy groups -OCH3 is 1.